The van der Waals surface area contributed by atoms with Gasteiger partial charge in [-0.25, -0.2) is 0 Å². The van der Waals surface area contributed by atoms with Crippen molar-refractivity contribution in [3.63, 3.8) is 0 Å². The van der Waals surface area contributed by atoms with Crippen LogP contribution in [0.15, 0.2) is 40.8 Å². The highest BCUT2D eigenvalue weighted by Crippen LogP contribution is 2.28. The average Bonchev–Trinajstić information content (AvgIpc) is 2.95. The largest absolute Gasteiger partial charge is 0.446 e. The number of furan rings is 1. The van der Waals surface area contributed by atoms with Crippen LogP contribution in [0.25, 0.3) is 21.0 Å². The number of thiazole rings is 1. The first kappa shape index (κ1) is 10.2. The predicted octanol–water partition coefficient (Wildman–Crippen LogP) is 2.80. The van der Waals surface area contributed by atoms with Crippen molar-refractivity contribution in [1.29, 1.82) is 0 Å². The lowest BCUT2D eigenvalue weighted by Gasteiger charge is -1.88. The van der Waals surface area contributed by atoms with Crippen molar-refractivity contribution in [2.45, 2.75) is 0 Å². The lowest BCUT2D eigenvalue weighted by Crippen LogP contribution is -2.28. The number of aryl methyl sites for hydroxylation is 1. The number of benzene rings is 1. The standard InChI is InChI=1S/C13H10NO2S/c1-14-10-4-2-3-5-12(10)17-13(14)11-7-6-9(8-15)16-11/h2-8H,1H3/q+1. The molecule has 0 fully saturated rings. The molecule has 0 radical (unpaired) electrons. The first-order chi connectivity index (χ1) is 8.29. The monoisotopic (exact) mass is 244 g/mol. The maximum absolute atomic E-state index is 10.6. The summed E-state index contributed by atoms with van der Waals surface area (Å²) < 4.78 is 8.73. The van der Waals surface area contributed by atoms with Crippen LogP contribution in [0.5, 0.6) is 0 Å². The fraction of sp³-hybridized carbons (Fsp3) is 0.0769. The summed E-state index contributed by atoms with van der Waals surface area (Å²) in [7, 11) is 2.00. The maximum atomic E-state index is 10.6. The summed E-state index contributed by atoms with van der Waals surface area (Å²) in [4.78, 5) is 10.6. The Morgan fingerprint density at radius 3 is 2.76 bits per heavy atom. The Bertz CT molecular complexity index is 696. The number of hydrogen-bond acceptors (Lipinski definition) is 3. The summed E-state index contributed by atoms with van der Waals surface area (Å²) >= 11 is 1.65. The summed E-state index contributed by atoms with van der Waals surface area (Å²) in [5, 5.41) is 1.01. The third kappa shape index (κ3) is 1.57. The summed E-state index contributed by atoms with van der Waals surface area (Å²) in [5.41, 5.74) is 1.16. The molecule has 0 spiro atoms. The number of aldehydes is 1. The van der Waals surface area contributed by atoms with E-state index in [1.165, 1.54) is 4.70 Å². The van der Waals surface area contributed by atoms with Gasteiger partial charge < -0.3 is 4.42 Å². The lowest BCUT2D eigenvalue weighted by molar-refractivity contribution is -0.630. The van der Waals surface area contributed by atoms with Crippen molar-refractivity contribution in [1.82, 2.24) is 0 Å². The molecule has 0 saturated heterocycles. The second-order valence-corrected chi connectivity index (χ2v) is 4.78. The van der Waals surface area contributed by atoms with Crippen LogP contribution >= 0.6 is 11.3 Å². The van der Waals surface area contributed by atoms with E-state index in [0.717, 1.165) is 22.6 Å². The fourth-order valence-corrected chi connectivity index (χ4v) is 2.96. The number of aromatic nitrogens is 1. The van der Waals surface area contributed by atoms with Crippen molar-refractivity contribution in [2.24, 2.45) is 7.05 Å². The molecule has 2 aromatic heterocycles. The number of nitrogens with zero attached hydrogens (tertiary/aromatic N) is 1. The fourth-order valence-electron chi connectivity index (χ4n) is 1.85. The number of carbonyl (C=O) groups excluding carboxylic acids is 1. The molecule has 0 bridgehead atoms. The quantitative estimate of drug-likeness (QED) is 0.513. The number of hydrogen-bond donors (Lipinski definition) is 0. The van der Waals surface area contributed by atoms with Crippen molar-refractivity contribution in [2.75, 3.05) is 0 Å². The van der Waals surface area contributed by atoms with Crippen molar-refractivity contribution < 1.29 is 13.8 Å². The zero-order valence-corrected chi connectivity index (χ0v) is 10.0. The van der Waals surface area contributed by atoms with Crippen LogP contribution in [0.4, 0.5) is 0 Å². The molecule has 0 aliphatic rings. The van der Waals surface area contributed by atoms with Crippen LogP contribution in [-0.4, -0.2) is 6.29 Å². The predicted molar refractivity (Wildman–Crippen MR) is 66.1 cm³/mol. The van der Waals surface area contributed by atoms with E-state index < -0.39 is 0 Å². The molecule has 0 aliphatic carbocycles. The molecule has 84 valence electrons. The second-order valence-electron chi connectivity index (χ2n) is 3.75. The van der Waals surface area contributed by atoms with Crippen LogP contribution in [0.1, 0.15) is 10.6 Å². The van der Waals surface area contributed by atoms with Gasteiger partial charge in [0.15, 0.2) is 12.0 Å². The minimum atomic E-state index is 0.359. The second kappa shape index (κ2) is 3.82. The van der Waals surface area contributed by atoms with Gasteiger partial charge in [0, 0.05) is 6.07 Å². The van der Waals surface area contributed by atoms with Crippen molar-refractivity contribution in [3.05, 3.63) is 42.2 Å². The number of rotatable bonds is 2. The Morgan fingerprint density at radius 2 is 2.06 bits per heavy atom. The topological polar surface area (TPSA) is 34.1 Å². The van der Waals surface area contributed by atoms with E-state index in [1.807, 2.05) is 25.2 Å². The molecule has 17 heavy (non-hydrogen) atoms. The van der Waals surface area contributed by atoms with E-state index in [-0.39, 0.29) is 0 Å². The summed E-state index contributed by atoms with van der Waals surface area (Å²) in [6.07, 6.45) is 0.719. The average molecular weight is 244 g/mol. The van der Waals surface area contributed by atoms with Crippen LogP contribution in [0.3, 0.4) is 0 Å². The van der Waals surface area contributed by atoms with Gasteiger partial charge in [0.05, 0.1) is 0 Å². The third-order valence-electron chi connectivity index (χ3n) is 2.69. The van der Waals surface area contributed by atoms with E-state index in [2.05, 4.69) is 16.7 Å². The zero-order valence-electron chi connectivity index (χ0n) is 9.21. The van der Waals surface area contributed by atoms with Gasteiger partial charge in [0.2, 0.25) is 11.3 Å². The highest BCUT2D eigenvalue weighted by atomic mass is 32.1. The summed E-state index contributed by atoms with van der Waals surface area (Å²) in [5.74, 6) is 1.09. The normalized spacial score (nSPS) is 10.9. The first-order valence-corrected chi connectivity index (χ1v) is 6.04. The van der Waals surface area contributed by atoms with Gasteiger partial charge in [-0.3, -0.25) is 4.79 Å². The molecule has 0 amide bonds. The number of carbonyl (C=O) groups is 1. The Labute approximate surface area is 102 Å². The molecule has 3 nitrogen and oxygen atoms in total. The number of fused-ring (bicyclic) bond motifs is 1. The molecule has 1 aromatic carbocycles. The SMILES string of the molecule is C[n+]1c(-c2ccc(C=O)o2)sc2ccccc21. The third-order valence-corrected chi connectivity index (χ3v) is 3.93. The molecule has 4 heteroatoms. The molecule has 0 unspecified atom stereocenters. The van der Waals surface area contributed by atoms with Gasteiger partial charge in [-0.15, -0.1) is 0 Å². The summed E-state index contributed by atoms with van der Waals surface area (Å²) in [6, 6.07) is 11.7. The van der Waals surface area contributed by atoms with Gasteiger partial charge in [-0.2, -0.15) is 4.57 Å². The van der Waals surface area contributed by atoms with Crippen molar-refractivity contribution in [3.8, 4) is 10.8 Å². The van der Waals surface area contributed by atoms with E-state index in [4.69, 9.17) is 4.42 Å². The Hall–Kier alpha value is -1.94. The van der Waals surface area contributed by atoms with Crippen LogP contribution in [0.2, 0.25) is 0 Å². The molecule has 0 atom stereocenters. The molecular formula is C13H10NO2S+. The molecule has 0 N–H and O–H groups in total. The highest BCUT2D eigenvalue weighted by molar-refractivity contribution is 7.21. The molecule has 3 rings (SSSR count). The van der Waals surface area contributed by atoms with Gasteiger partial charge in [0.25, 0.3) is 0 Å². The molecule has 2 heterocycles. The van der Waals surface area contributed by atoms with E-state index >= 15 is 0 Å². The van der Waals surface area contributed by atoms with Gasteiger partial charge in [0.1, 0.15) is 11.7 Å². The molecule has 0 aliphatic heterocycles. The minimum absolute atomic E-state index is 0.359. The lowest BCUT2D eigenvalue weighted by atomic mass is 10.3. The zero-order chi connectivity index (χ0) is 11.8. The van der Waals surface area contributed by atoms with E-state index in [9.17, 15) is 4.79 Å². The minimum Gasteiger partial charge on any atom is -0.446 e. The van der Waals surface area contributed by atoms with Gasteiger partial charge >= 0.3 is 5.01 Å². The first-order valence-electron chi connectivity index (χ1n) is 5.22. The van der Waals surface area contributed by atoms with E-state index in [1.54, 1.807) is 17.4 Å². The van der Waals surface area contributed by atoms with Gasteiger partial charge in [-0.05, 0) is 18.2 Å². The molecule has 0 saturated carbocycles. The Kier molecular flexibility index (Phi) is 2.30. The smallest absolute Gasteiger partial charge is 0.305 e. The van der Waals surface area contributed by atoms with Crippen molar-refractivity contribution >= 4 is 27.8 Å². The summed E-state index contributed by atoms with van der Waals surface area (Å²) in [6.45, 7) is 0. The highest BCUT2D eigenvalue weighted by Gasteiger charge is 2.21. The van der Waals surface area contributed by atoms with Gasteiger partial charge in [-0.1, -0.05) is 23.5 Å². The number of para-hydroxylation sites is 1. The van der Waals surface area contributed by atoms with Crippen LogP contribution in [0, 0.1) is 0 Å². The maximum Gasteiger partial charge on any atom is 0.305 e. The molecular weight excluding hydrogens is 234 g/mol. The Morgan fingerprint density at radius 1 is 1.24 bits per heavy atom. The van der Waals surface area contributed by atoms with Crippen LogP contribution in [-0.2, 0) is 7.05 Å². The van der Waals surface area contributed by atoms with E-state index in [0.29, 0.717) is 5.76 Å². The van der Waals surface area contributed by atoms with Crippen LogP contribution < -0.4 is 4.57 Å². The molecule has 3 aromatic rings. The Balaban J connectivity index is 2.23.